The molecule has 0 amide bonds. The van der Waals surface area contributed by atoms with E-state index in [9.17, 15) is 0 Å². The Labute approximate surface area is 137 Å². The van der Waals surface area contributed by atoms with Gasteiger partial charge in [0.05, 0.1) is 6.61 Å². The highest BCUT2D eigenvalue weighted by atomic mass is 35.5. The molecular weight excluding hydrogens is 294 g/mol. The van der Waals surface area contributed by atoms with Crippen LogP contribution in [0.1, 0.15) is 29.2 Å². The molecule has 0 N–H and O–H groups in total. The van der Waals surface area contributed by atoms with Gasteiger partial charge in [-0.3, -0.25) is 4.90 Å². The van der Waals surface area contributed by atoms with E-state index in [1.807, 2.05) is 25.1 Å². The maximum absolute atomic E-state index is 6.05. The second kappa shape index (κ2) is 6.72. The fourth-order valence-corrected chi connectivity index (χ4v) is 3.27. The molecule has 0 bridgehead atoms. The first kappa shape index (κ1) is 15.4. The molecule has 2 aromatic carbocycles. The molecule has 0 radical (unpaired) electrons. The van der Waals surface area contributed by atoms with Crippen LogP contribution in [-0.2, 0) is 6.42 Å². The van der Waals surface area contributed by atoms with Gasteiger partial charge in [0.1, 0.15) is 5.75 Å². The van der Waals surface area contributed by atoms with Crippen molar-refractivity contribution in [3.63, 3.8) is 0 Å². The summed E-state index contributed by atoms with van der Waals surface area (Å²) in [7, 11) is 2.20. The molecule has 22 heavy (non-hydrogen) atoms. The molecule has 3 heteroatoms. The molecule has 0 fully saturated rings. The average Bonchev–Trinajstić information content (AvgIpc) is 2.53. The summed E-state index contributed by atoms with van der Waals surface area (Å²) < 4.78 is 5.92. The summed E-state index contributed by atoms with van der Waals surface area (Å²) in [6.45, 7) is 3.83. The number of fused-ring (bicyclic) bond motifs is 1. The van der Waals surface area contributed by atoms with E-state index in [1.165, 1.54) is 11.1 Å². The van der Waals surface area contributed by atoms with Crippen molar-refractivity contribution in [2.75, 3.05) is 20.2 Å². The monoisotopic (exact) mass is 315 g/mol. The molecular formula is C19H22ClNO. The Hall–Kier alpha value is -1.51. The van der Waals surface area contributed by atoms with E-state index >= 15 is 0 Å². The number of hydrogen-bond acceptors (Lipinski definition) is 2. The number of hydrogen-bond donors (Lipinski definition) is 0. The van der Waals surface area contributed by atoms with Crippen LogP contribution in [0.2, 0.25) is 5.02 Å². The highest BCUT2D eigenvalue weighted by molar-refractivity contribution is 6.31. The summed E-state index contributed by atoms with van der Waals surface area (Å²) in [6.07, 6.45) is 2.13. The summed E-state index contributed by atoms with van der Waals surface area (Å²) in [6, 6.07) is 15.0. The first-order chi connectivity index (χ1) is 10.6. The van der Waals surface area contributed by atoms with Crippen LogP contribution in [0.4, 0.5) is 0 Å². The number of likely N-dealkylation sites (N-methyl/N-ethyl adjacent to an activating group) is 1. The standard InChI is InChI=1S/C19H22ClNO/c1-14-13-16(7-8-18(14)20)22-12-10-19-17-6-4-3-5-15(17)9-11-21(19)2/h3-8,13,19H,9-12H2,1-2H3. The van der Waals surface area contributed by atoms with Crippen molar-refractivity contribution in [3.05, 3.63) is 64.2 Å². The lowest BCUT2D eigenvalue weighted by molar-refractivity contribution is 0.185. The second-order valence-electron chi connectivity index (χ2n) is 5.99. The summed E-state index contributed by atoms with van der Waals surface area (Å²) in [4.78, 5) is 2.43. The third kappa shape index (κ3) is 3.29. The van der Waals surface area contributed by atoms with E-state index in [4.69, 9.17) is 16.3 Å². The quantitative estimate of drug-likeness (QED) is 0.814. The third-order valence-corrected chi connectivity index (χ3v) is 4.89. The lowest BCUT2D eigenvalue weighted by Gasteiger charge is -2.34. The number of halogens is 1. The molecule has 2 nitrogen and oxygen atoms in total. The predicted octanol–water partition coefficient (Wildman–Crippen LogP) is 4.65. The normalized spacial score (nSPS) is 18.0. The minimum Gasteiger partial charge on any atom is -0.494 e. The molecule has 1 unspecified atom stereocenters. The van der Waals surface area contributed by atoms with Gasteiger partial charge in [-0.2, -0.15) is 0 Å². The fourth-order valence-electron chi connectivity index (χ4n) is 3.15. The van der Waals surface area contributed by atoms with Gasteiger partial charge in [-0.15, -0.1) is 0 Å². The van der Waals surface area contributed by atoms with E-state index in [-0.39, 0.29) is 0 Å². The zero-order valence-corrected chi connectivity index (χ0v) is 13.9. The Kier molecular flexibility index (Phi) is 4.70. The highest BCUT2D eigenvalue weighted by Gasteiger charge is 2.23. The summed E-state index contributed by atoms with van der Waals surface area (Å²) in [5.41, 5.74) is 3.99. The van der Waals surface area contributed by atoms with Crippen LogP contribution in [-0.4, -0.2) is 25.1 Å². The van der Waals surface area contributed by atoms with Gasteiger partial charge in [0.2, 0.25) is 0 Å². The van der Waals surface area contributed by atoms with Crippen molar-refractivity contribution >= 4 is 11.6 Å². The number of aryl methyl sites for hydroxylation is 1. The van der Waals surface area contributed by atoms with Crippen LogP contribution in [0.15, 0.2) is 42.5 Å². The minimum atomic E-state index is 0.443. The highest BCUT2D eigenvalue weighted by Crippen LogP contribution is 2.31. The first-order valence-corrected chi connectivity index (χ1v) is 8.20. The predicted molar refractivity (Wildman–Crippen MR) is 91.8 cm³/mol. The lowest BCUT2D eigenvalue weighted by Crippen LogP contribution is -2.33. The Morgan fingerprint density at radius 2 is 2.05 bits per heavy atom. The van der Waals surface area contributed by atoms with Gasteiger partial charge >= 0.3 is 0 Å². The van der Waals surface area contributed by atoms with Crippen LogP contribution >= 0.6 is 11.6 Å². The van der Waals surface area contributed by atoms with Gasteiger partial charge in [0.15, 0.2) is 0 Å². The number of rotatable bonds is 4. The molecule has 1 heterocycles. The molecule has 0 saturated heterocycles. The first-order valence-electron chi connectivity index (χ1n) is 7.82. The van der Waals surface area contributed by atoms with Crippen molar-refractivity contribution in [2.45, 2.75) is 25.8 Å². The summed E-state index contributed by atoms with van der Waals surface area (Å²) >= 11 is 6.05. The fraction of sp³-hybridized carbons (Fsp3) is 0.368. The van der Waals surface area contributed by atoms with Crippen molar-refractivity contribution in [3.8, 4) is 5.75 Å². The Morgan fingerprint density at radius 1 is 1.23 bits per heavy atom. The van der Waals surface area contributed by atoms with E-state index in [1.54, 1.807) is 0 Å². The molecule has 116 valence electrons. The van der Waals surface area contributed by atoms with Crippen molar-refractivity contribution < 1.29 is 4.74 Å². The maximum Gasteiger partial charge on any atom is 0.119 e. The molecule has 0 spiro atoms. The zero-order valence-electron chi connectivity index (χ0n) is 13.2. The van der Waals surface area contributed by atoms with Crippen molar-refractivity contribution in [1.82, 2.24) is 4.90 Å². The summed E-state index contributed by atoms with van der Waals surface area (Å²) in [5, 5.41) is 0.785. The molecule has 1 aliphatic rings. The van der Waals surface area contributed by atoms with Crippen molar-refractivity contribution in [2.24, 2.45) is 0 Å². The number of ether oxygens (including phenoxy) is 1. The molecule has 1 atom stereocenters. The van der Waals surface area contributed by atoms with Crippen LogP contribution in [0.25, 0.3) is 0 Å². The topological polar surface area (TPSA) is 12.5 Å². The molecule has 0 aliphatic carbocycles. The van der Waals surface area contributed by atoms with Gasteiger partial charge in [-0.25, -0.2) is 0 Å². The van der Waals surface area contributed by atoms with Crippen LogP contribution < -0.4 is 4.74 Å². The average molecular weight is 316 g/mol. The SMILES string of the molecule is Cc1cc(OCCC2c3ccccc3CCN2C)ccc1Cl. The van der Waals surface area contributed by atoms with Crippen molar-refractivity contribution in [1.29, 1.82) is 0 Å². The van der Waals surface area contributed by atoms with Crippen LogP contribution in [0.5, 0.6) is 5.75 Å². The number of nitrogens with zero attached hydrogens (tertiary/aromatic N) is 1. The molecule has 3 rings (SSSR count). The van der Waals surface area contributed by atoms with Gasteiger partial charge < -0.3 is 4.74 Å². The zero-order chi connectivity index (χ0) is 15.5. The molecule has 1 aliphatic heterocycles. The lowest BCUT2D eigenvalue weighted by atomic mass is 9.91. The van der Waals surface area contributed by atoms with E-state index in [2.05, 4.69) is 36.2 Å². The maximum atomic E-state index is 6.05. The van der Waals surface area contributed by atoms with E-state index in [0.29, 0.717) is 12.6 Å². The second-order valence-corrected chi connectivity index (χ2v) is 6.40. The number of benzene rings is 2. The Morgan fingerprint density at radius 3 is 2.86 bits per heavy atom. The van der Waals surface area contributed by atoms with E-state index in [0.717, 1.165) is 35.7 Å². The Balaban J connectivity index is 1.65. The summed E-state index contributed by atoms with van der Waals surface area (Å²) in [5.74, 6) is 0.897. The smallest absolute Gasteiger partial charge is 0.119 e. The van der Waals surface area contributed by atoms with Gasteiger partial charge in [0.25, 0.3) is 0 Å². The minimum absolute atomic E-state index is 0.443. The van der Waals surface area contributed by atoms with Crippen LogP contribution in [0.3, 0.4) is 0 Å². The Bertz CT molecular complexity index is 656. The molecule has 2 aromatic rings. The molecule has 0 saturated carbocycles. The third-order valence-electron chi connectivity index (χ3n) is 4.47. The van der Waals surface area contributed by atoms with E-state index < -0.39 is 0 Å². The van der Waals surface area contributed by atoms with Gasteiger partial charge in [0, 0.05) is 24.0 Å². The largest absolute Gasteiger partial charge is 0.494 e. The molecule has 0 aromatic heterocycles. The van der Waals surface area contributed by atoms with Gasteiger partial charge in [-0.05, 0) is 55.3 Å². The van der Waals surface area contributed by atoms with Gasteiger partial charge in [-0.1, -0.05) is 35.9 Å². The van der Waals surface area contributed by atoms with Crippen LogP contribution in [0, 0.1) is 6.92 Å².